The smallest absolute Gasteiger partial charge is 0.412 e. The van der Waals surface area contributed by atoms with Crippen molar-refractivity contribution in [2.24, 2.45) is 5.41 Å². The summed E-state index contributed by atoms with van der Waals surface area (Å²) in [6, 6.07) is 1.82. The van der Waals surface area contributed by atoms with E-state index < -0.39 is 28.9 Å². The van der Waals surface area contributed by atoms with Gasteiger partial charge in [-0.3, -0.25) is 15.2 Å². The number of aromatic nitrogens is 3. The highest BCUT2D eigenvalue weighted by atomic mass is 32.1. The number of nitriles is 1. The third-order valence-electron chi connectivity index (χ3n) is 12.4. The quantitative estimate of drug-likeness (QED) is 0.173. The molecule has 330 valence electrons. The van der Waals surface area contributed by atoms with Crippen LogP contribution in [0.4, 0.5) is 29.2 Å². The molecular weight excluding hydrogens is 823 g/mol. The normalized spacial score (nSPS) is 22.0. The van der Waals surface area contributed by atoms with Gasteiger partial charge in [-0.2, -0.15) is 15.2 Å². The van der Waals surface area contributed by atoms with Crippen LogP contribution < -0.4 is 15.0 Å². The number of nitrogens with one attached hydrogen (secondary N) is 1. The number of hydrogen-bond acceptors (Lipinski definition) is 14. The minimum Gasteiger partial charge on any atom is -0.463 e. The lowest BCUT2D eigenvalue weighted by Gasteiger charge is -2.42. The number of hydrogen-bond donors (Lipinski definition) is 1. The molecule has 18 heteroatoms. The second-order valence-corrected chi connectivity index (χ2v) is 20.3. The first kappa shape index (κ1) is 42.3. The van der Waals surface area contributed by atoms with Gasteiger partial charge in [-0.1, -0.05) is 0 Å². The Kier molecular flexibility index (Phi) is 10.7. The van der Waals surface area contributed by atoms with E-state index in [1.807, 2.05) is 20.8 Å². The van der Waals surface area contributed by atoms with Gasteiger partial charge in [0.25, 0.3) is 0 Å². The number of fused-ring (bicyclic) bond motifs is 6. The molecule has 5 aliphatic rings. The zero-order chi connectivity index (χ0) is 43.9. The number of thiophene rings is 1. The van der Waals surface area contributed by atoms with Crippen molar-refractivity contribution in [2.45, 2.75) is 116 Å². The highest BCUT2D eigenvalue weighted by Crippen LogP contribution is 2.50. The van der Waals surface area contributed by atoms with Gasteiger partial charge in [0, 0.05) is 68.3 Å². The van der Waals surface area contributed by atoms with E-state index in [-0.39, 0.29) is 86.3 Å². The van der Waals surface area contributed by atoms with Crippen LogP contribution in [0.1, 0.15) is 90.3 Å². The summed E-state index contributed by atoms with van der Waals surface area (Å²) >= 11 is 0.842. The Hall–Kier alpha value is -4.96. The molecule has 1 aliphatic carbocycles. The molecule has 15 nitrogen and oxygen atoms in total. The number of rotatable bonds is 9. The Labute approximate surface area is 362 Å². The molecule has 1 N–H and O–H groups in total. The molecular formula is C44H52F2N8O7S. The number of benzene rings is 1. The van der Waals surface area contributed by atoms with Crippen LogP contribution in [-0.2, 0) is 32.2 Å². The molecule has 3 atom stereocenters. The number of anilines is 2. The first-order chi connectivity index (χ1) is 29.4. The summed E-state index contributed by atoms with van der Waals surface area (Å²) in [5.41, 5.74) is -0.553. The number of methoxy groups -OCH3 is 1. The van der Waals surface area contributed by atoms with Crippen LogP contribution in [0, 0.1) is 28.4 Å². The third-order valence-corrected chi connectivity index (χ3v) is 13.5. The minimum atomic E-state index is -0.838. The molecule has 0 radical (unpaired) electrons. The Morgan fingerprint density at radius 1 is 1.00 bits per heavy atom. The number of halogens is 2. The summed E-state index contributed by atoms with van der Waals surface area (Å²) < 4.78 is 63.0. The van der Waals surface area contributed by atoms with Crippen LogP contribution >= 0.6 is 11.3 Å². The monoisotopic (exact) mass is 874 g/mol. The molecule has 0 spiro atoms. The lowest BCUT2D eigenvalue weighted by Crippen LogP contribution is -2.56. The first-order valence-corrected chi connectivity index (χ1v) is 22.0. The molecule has 4 aromatic rings. The summed E-state index contributed by atoms with van der Waals surface area (Å²) in [4.78, 5) is 46.8. The highest BCUT2D eigenvalue weighted by molar-refractivity contribution is 7.23. The molecule has 2 amide bonds. The zero-order valence-corrected chi connectivity index (χ0v) is 37.0. The fraction of sp³-hybridized carbons (Fsp3) is 0.591. The molecule has 4 fully saturated rings. The van der Waals surface area contributed by atoms with Crippen LogP contribution in [0.15, 0.2) is 6.20 Å². The van der Waals surface area contributed by atoms with Crippen molar-refractivity contribution in [3.8, 4) is 23.3 Å². The average Bonchev–Trinajstić information content (AvgIpc) is 3.54. The van der Waals surface area contributed by atoms with Crippen LogP contribution in [0.5, 0.6) is 6.01 Å². The Morgan fingerprint density at radius 3 is 2.35 bits per heavy atom. The predicted molar refractivity (Wildman–Crippen MR) is 227 cm³/mol. The lowest BCUT2D eigenvalue weighted by atomic mass is 9.93. The summed E-state index contributed by atoms with van der Waals surface area (Å²) in [5.74, 6) is -0.993. The number of ether oxygens (including phenoxy) is 5. The molecule has 62 heavy (non-hydrogen) atoms. The molecule has 2 unspecified atom stereocenters. The minimum absolute atomic E-state index is 0.00698. The summed E-state index contributed by atoms with van der Waals surface area (Å²) in [6.07, 6.45) is 4.46. The van der Waals surface area contributed by atoms with Crippen molar-refractivity contribution in [3.05, 3.63) is 34.5 Å². The first-order valence-electron chi connectivity index (χ1n) is 21.2. The van der Waals surface area contributed by atoms with E-state index in [1.54, 1.807) is 32.8 Å². The van der Waals surface area contributed by atoms with Gasteiger partial charge in [-0.15, -0.1) is 11.3 Å². The van der Waals surface area contributed by atoms with E-state index in [1.165, 1.54) is 0 Å². The van der Waals surface area contributed by atoms with Crippen molar-refractivity contribution >= 4 is 55.3 Å². The van der Waals surface area contributed by atoms with Gasteiger partial charge in [0.2, 0.25) is 0 Å². The zero-order valence-electron chi connectivity index (χ0n) is 36.2. The Bertz CT molecular complexity index is 2500. The highest BCUT2D eigenvalue weighted by Gasteiger charge is 2.47. The second-order valence-electron chi connectivity index (χ2n) is 19.2. The summed E-state index contributed by atoms with van der Waals surface area (Å²) in [6.45, 7) is 14.5. The number of nitrogens with zero attached hydrogens (tertiary/aromatic N) is 7. The van der Waals surface area contributed by atoms with Gasteiger partial charge >= 0.3 is 18.2 Å². The van der Waals surface area contributed by atoms with E-state index in [2.05, 4.69) is 26.2 Å². The van der Waals surface area contributed by atoms with Gasteiger partial charge in [-0.25, -0.2) is 18.4 Å². The van der Waals surface area contributed by atoms with Crippen LogP contribution in [0.3, 0.4) is 0 Å². The van der Waals surface area contributed by atoms with Crippen LogP contribution in [0.2, 0.25) is 0 Å². The predicted octanol–water partition coefficient (Wildman–Crippen LogP) is 7.90. The van der Waals surface area contributed by atoms with E-state index in [4.69, 9.17) is 33.7 Å². The maximum absolute atomic E-state index is 18.0. The fourth-order valence-corrected chi connectivity index (χ4v) is 10.5. The van der Waals surface area contributed by atoms with Gasteiger partial charge < -0.3 is 33.5 Å². The third kappa shape index (κ3) is 7.97. The number of amides is 2. The molecule has 3 saturated heterocycles. The number of piperazine rings is 1. The Morgan fingerprint density at radius 2 is 1.71 bits per heavy atom. The van der Waals surface area contributed by atoms with Gasteiger partial charge in [0.05, 0.1) is 53.5 Å². The SMILES string of the molecule is CO[C@@H]1CCN(CC2(COc3nc(N4C5CCC4CN(C(=O)OC(C)(C)C)C5)c4c5c(c(-c6ncc(F)c7sc(NC(=O)OC(C)(C)C)c(C#N)c67)c(F)c4n3)COC5)CC2)C1. The Balaban J connectivity index is 1.16. The van der Waals surface area contributed by atoms with Crippen LogP contribution in [-0.4, -0.2) is 113 Å². The van der Waals surface area contributed by atoms with Gasteiger partial charge in [-0.05, 0) is 84.8 Å². The maximum Gasteiger partial charge on any atom is 0.412 e. The van der Waals surface area contributed by atoms with Crippen molar-refractivity contribution in [3.63, 3.8) is 0 Å². The molecule has 1 saturated carbocycles. The number of carbonyl (C=O) groups excluding carboxylic acids is 2. The fourth-order valence-electron chi connectivity index (χ4n) is 9.41. The standard InChI is InChI=1S/C44H52F2N8O7S/c1-42(2,3)60-40(55)51-38-26(14-47)31-34(48-15-29(45)36(31)62-38)30-27-19-58-20-28(27)32-35(33(30)46)49-39(59-22-44(11-12-44)21-52-13-10-25(18-52)57-7)50-37(32)54-23-8-9-24(54)17-53(16-23)41(56)61-43(4,5)6/h15,23-25H,8-13,16-22H2,1-7H3,(H,51,55)/t23?,24?,25-/m1/s1. The molecule has 4 aliphatic heterocycles. The molecule has 3 aromatic heterocycles. The average molecular weight is 875 g/mol. The molecule has 7 heterocycles. The molecule has 9 rings (SSSR count). The lowest BCUT2D eigenvalue weighted by molar-refractivity contribution is 0.0209. The number of likely N-dealkylation sites (tertiary alicyclic amines) is 2. The summed E-state index contributed by atoms with van der Waals surface area (Å²) in [7, 11) is 1.74. The van der Waals surface area contributed by atoms with Crippen molar-refractivity contribution in [2.75, 3.05) is 56.7 Å². The van der Waals surface area contributed by atoms with E-state index in [0.29, 0.717) is 42.0 Å². The van der Waals surface area contributed by atoms with E-state index >= 15 is 8.78 Å². The molecule has 1 aromatic carbocycles. The van der Waals surface area contributed by atoms with Crippen molar-refractivity contribution < 1.29 is 42.1 Å². The van der Waals surface area contributed by atoms with Gasteiger partial charge in [0.15, 0.2) is 11.6 Å². The van der Waals surface area contributed by atoms with Crippen LogP contribution in [0.25, 0.3) is 32.2 Å². The topological polar surface area (TPSA) is 165 Å². The van der Waals surface area contributed by atoms with Gasteiger partial charge in [0.1, 0.15) is 33.6 Å². The maximum atomic E-state index is 18.0. The van der Waals surface area contributed by atoms with E-state index in [0.717, 1.165) is 69.3 Å². The summed E-state index contributed by atoms with van der Waals surface area (Å²) in [5, 5.41) is 13.6. The number of pyridine rings is 1. The van der Waals surface area contributed by atoms with Crippen molar-refractivity contribution in [1.29, 1.82) is 5.26 Å². The van der Waals surface area contributed by atoms with E-state index in [9.17, 15) is 14.9 Å². The second kappa shape index (κ2) is 15.7. The molecule has 2 bridgehead atoms. The number of carbonyl (C=O) groups is 2. The van der Waals surface area contributed by atoms with Crippen molar-refractivity contribution in [1.82, 2.24) is 24.8 Å². The largest absolute Gasteiger partial charge is 0.463 e.